The molecule has 2 rings (SSSR count). The zero-order valence-corrected chi connectivity index (χ0v) is 11.5. The molecule has 2 aliphatic rings. The number of carbonyl (C=O) groups is 1. The Morgan fingerprint density at radius 1 is 1.29 bits per heavy atom. The van der Waals surface area contributed by atoms with E-state index in [0.717, 1.165) is 38.6 Å². The van der Waals surface area contributed by atoms with Crippen molar-refractivity contribution in [2.75, 3.05) is 6.54 Å². The minimum Gasteiger partial charge on any atom is -0.339 e. The van der Waals surface area contributed by atoms with E-state index in [1.54, 1.807) is 0 Å². The Kier molecular flexibility index (Phi) is 5.74. The first-order valence-corrected chi connectivity index (χ1v) is 6.78. The number of hydrogen-bond acceptors (Lipinski definition) is 2. The molecule has 0 aromatic carbocycles. The first-order chi connectivity index (χ1) is 7.72. The number of hydrogen-bond donors (Lipinski definition) is 1. The molecule has 1 aliphatic heterocycles. The van der Waals surface area contributed by atoms with Crippen molar-refractivity contribution in [3.8, 4) is 0 Å². The van der Waals surface area contributed by atoms with Crippen molar-refractivity contribution in [3.63, 3.8) is 0 Å². The summed E-state index contributed by atoms with van der Waals surface area (Å²) in [7, 11) is 0. The third-order valence-electron chi connectivity index (χ3n) is 4.20. The summed E-state index contributed by atoms with van der Waals surface area (Å²) in [6, 6.07) is 0.760. The average Bonchev–Trinajstić information content (AvgIpc) is 2.76. The molecular weight excluding hydrogens is 236 g/mol. The summed E-state index contributed by atoms with van der Waals surface area (Å²) >= 11 is 0. The van der Waals surface area contributed by atoms with Crippen LogP contribution in [-0.2, 0) is 4.79 Å². The van der Waals surface area contributed by atoms with Crippen molar-refractivity contribution >= 4 is 18.3 Å². The van der Waals surface area contributed by atoms with Crippen LogP contribution in [0.15, 0.2) is 0 Å². The molecule has 0 bridgehead atoms. The Labute approximate surface area is 111 Å². The standard InChI is InChI=1S/C13H24N2O.ClH/c1-2-12-7-4-8-15(12)13(16)10-5-3-6-11(14)9-10;/h10-12H,2-9,14H2,1H3;1H. The molecule has 100 valence electrons. The third-order valence-corrected chi connectivity index (χ3v) is 4.20. The van der Waals surface area contributed by atoms with E-state index in [4.69, 9.17) is 5.73 Å². The molecule has 2 fully saturated rings. The highest BCUT2D eigenvalue weighted by atomic mass is 35.5. The van der Waals surface area contributed by atoms with Crippen molar-refractivity contribution in [1.82, 2.24) is 4.90 Å². The van der Waals surface area contributed by atoms with Gasteiger partial charge in [0.25, 0.3) is 0 Å². The average molecular weight is 261 g/mol. The highest BCUT2D eigenvalue weighted by Gasteiger charge is 2.33. The smallest absolute Gasteiger partial charge is 0.225 e. The molecule has 4 heteroatoms. The van der Waals surface area contributed by atoms with Gasteiger partial charge in [0.1, 0.15) is 0 Å². The molecule has 3 nitrogen and oxygen atoms in total. The fraction of sp³-hybridized carbons (Fsp3) is 0.923. The molecule has 0 aromatic rings. The topological polar surface area (TPSA) is 46.3 Å². The maximum Gasteiger partial charge on any atom is 0.225 e. The lowest BCUT2D eigenvalue weighted by molar-refractivity contribution is -0.137. The quantitative estimate of drug-likeness (QED) is 0.828. The molecule has 0 spiro atoms. The number of rotatable bonds is 2. The van der Waals surface area contributed by atoms with E-state index in [1.807, 2.05) is 0 Å². The largest absolute Gasteiger partial charge is 0.339 e. The zero-order chi connectivity index (χ0) is 11.5. The molecule has 1 aliphatic carbocycles. The van der Waals surface area contributed by atoms with Gasteiger partial charge < -0.3 is 10.6 Å². The van der Waals surface area contributed by atoms with Crippen molar-refractivity contribution < 1.29 is 4.79 Å². The second-order valence-corrected chi connectivity index (χ2v) is 5.36. The fourth-order valence-corrected chi connectivity index (χ4v) is 3.24. The maximum atomic E-state index is 12.4. The van der Waals surface area contributed by atoms with Crippen LogP contribution in [0.3, 0.4) is 0 Å². The molecule has 17 heavy (non-hydrogen) atoms. The molecule has 3 unspecified atom stereocenters. The van der Waals surface area contributed by atoms with E-state index in [1.165, 1.54) is 12.8 Å². The normalized spacial score (nSPS) is 33.3. The molecular formula is C13H25ClN2O. The monoisotopic (exact) mass is 260 g/mol. The Hall–Kier alpha value is -0.280. The van der Waals surface area contributed by atoms with Gasteiger partial charge >= 0.3 is 0 Å². The van der Waals surface area contributed by atoms with Crippen molar-refractivity contribution in [2.45, 2.75) is 64.0 Å². The first-order valence-electron chi connectivity index (χ1n) is 6.78. The summed E-state index contributed by atoms with van der Waals surface area (Å²) in [6.07, 6.45) is 7.67. The lowest BCUT2D eigenvalue weighted by atomic mass is 9.85. The minimum atomic E-state index is 0. The van der Waals surface area contributed by atoms with Gasteiger partial charge in [0.15, 0.2) is 0 Å². The SMILES string of the molecule is CCC1CCCN1C(=O)C1CCCC(N)C1.Cl. The van der Waals surface area contributed by atoms with E-state index in [-0.39, 0.29) is 24.4 Å². The minimum absolute atomic E-state index is 0. The summed E-state index contributed by atoms with van der Waals surface area (Å²) < 4.78 is 0. The summed E-state index contributed by atoms with van der Waals surface area (Å²) in [5.41, 5.74) is 5.96. The van der Waals surface area contributed by atoms with E-state index < -0.39 is 0 Å². The molecule has 1 heterocycles. The van der Waals surface area contributed by atoms with Gasteiger partial charge in [0, 0.05) is 24.5 Å². The van der Waals surface area contributed by atoms with Crippen molar-refractivity contribution in [3.05, 3.63) is 0 Å². The van der Waals surface area contributed by atoms with Crippen LogP contribution in [0.1, 0.15) is 51.9 Å². The van der Waals surface area contributed by atoms with E-state index in [9.17, 15) is 4.79 Å². The molecule has 0 radical (unpaired) electrons. The zero-order valence-electron chi connectivity index (χ0n) is 10.7. The Bertz CT molecular complexity index is 260. The molecule has 1 amide bonds. The molecule has 1 saturated heterocycles. The van der Waals surface area contributed by atoms with Crippen molar-refractivity contribution in [1.29, 1.82) is 0 Å². The Balaban J connectivity index is 0.00000144. The number of nitrogens with zero attached hydrogens (tertiary/aromatic N) is 1. The van der Waals surface area contributed by atoms with Gasteiger partial charge in [-0.15, -0.1) is 12.4 Å². The van der Waals surface area contributed by atoms with E-state index in [0.29, 0.717) is 11.9 Å². The fourth-order valence-electron chi connectivity index (χ4n) is 3.24. The second-order valence-electron chi connectivity index (χ2n) is 5.36. The maximum absolute atomic E-state index is 12.4. The van der Waals surface area contributed by atoms with Gasteiger partial charge in [-0.25, -0.2) is 0 Å². The van der Waals surface area contributed by atoms with Gasteiger partial charge in [-0.1, -0.05) is 13.3 Å². The van der Waals surface area contributed by atoms with Crippen LogP contribution < -0.4 is 5.73 Å². The predicted molar refractivity (Wildman–Crippen MR) is 72.2 cm³/mol. The van der Waals surface area contributed by atoms with Gasteiger partial charge in [0.2, 0.25) is 5.91 Å². The summed E-state index contributed by atoms with van der Waals surface area (Å²) in [6.45, 7) is 3.16. The van der Waals surface area contributed by atoms with Gasteiger partial charge in [-0.05, 0) is 38.5 Å². The number of carbonyl (C=O) groups excluding carboxylic acids is 1. The van der Waals surface area contributed by atoms with Crippen LogP contribution in [0.2, 0.25) is 0 Å². The first kappa shape index (κ1) is 14.8. The van der Waals surface area contributed by atoms with Gasteiger partial charge in [-0.2, -0.15) is 0 Å². The van der Waals surface area contributed by atoms with Crippen molar-refractivity contribution in [2.24, 2.45) is 11.7 Å². The molecule has 1 saturated carbocycles. The number of nitrogens with two attached hydrogens (primary N) is 1. The lowest BCUT2D eigenvalue weighted by Gasteiger charge is -2.32. The van der Waals surface area contributed by atoms with Crippen LogP contribution >= 0.6 is 12.4 Å². The van der Waals surface area contributed by atoms with Crippen LogP contribution in [-0.4, -0.2) is 29.4 Å². The van der Waals surface area contributed by atoms with E-state index in [2.05, 4.69) is 11.8 Å². The molecule has 2 N–H and O–H groups in total. The highest BCUT2D eigenvalue weighted by Crippen LogP contribution is 2.29. The number of likely N-dealkylation sites (tertiary alicyclic amines) is 1. The third kappa shape index (κ3) is 3.35. The second kappa shape index (κ2) is 6.60. The van der Waals surface area contributed by atoms with Crippen LogP contribution in [0.5, 0.6) is 0 Å². The Morgan fingerprint density at radius 2 is 2.06 bits per heavy atom. The molecule has 3 atom stereocenters. The van der Waals surface area contributed by atoms with E-state index >= 15 is 0 Å². The summed E-state index contributed by atoms with van der Waals surface area (Å²) in [4.78, 5) is 14.5. The van der Waals surface area contributed by atoms with Crippen LogP contribution in [0, 0.1) is 5.92 Å². The summed E-state index contributed by atoms with van der Waals surface area (Å²) in [5, 5.41) is 0. The Morgan fingerprint density at radius 3 is 2.71 bits per heavy atom. The van der Waals surface area contributed by atoms with Crippen LogP contribution in [0.4, 0.5) is 0 Å². The number of amides is 1. The van der Waals surface area contributed by atoms with Gasteiger partial charge in [0.05, 0.1) is 0 Å². The molecule has 0 aromatic heterocycles. The van der Waals surface area contributed by atoms with Crippen LogP contribution in [0.25, 0.3) is 0 Å². The summed E-state index contributed by atoms with van der Waals surface area (Å²) in [5.74, 6) is 0.607. The predicted octanol–water partition coefficient (Wildman–Crippen LogP) is 2.33. The highest BCUT2D eigenvalue weighted by molar-refractivity contribution is 5.85. The lowest BCUT2D eigenvalue weighted by Crippen LogP contribution is -2.42. The number of halogens is 1. The van der Waals surface area contributed by atoms with Gasteiger partial charge in [-0.3, -0.25) is 4.79 Å².